The topological polar surface area (TPSA) is 68.0 Å². The maximum absolute atomic E-state index is 11.2. The van der Waals surface area contributed by atoms with Gasteiger partial charge in [0.15, 0.2) is 0 Å². The zero-order valence-corrected chi connectivity index (χ0v) is 21.8. The van der Waals surface area contributed by atoms with E-state index in [9.17, 15) is 5.11 Å². The molecule has 0 radical (unpaired) electrons. The van der Waals surface area contributed by atoms with Gasteiger partial charge in [-0.3, -0.25) is 4.90 Å². The van der Waals surface area contributed by atoms with Crippen molar-refractivity contribution in [1.29, 1.82) is 0 Å². The van der Waals surface area contributed by atoms with Crippen molar-refractivity contribution in [2.24, 2.45) is 0 Å². The molecule has 0 aliphatic heterocycles. The number of aliphatic hydroxyl groups is 1. The molecule has 0 aliphatic carbocycles. The summed E-state index contributed by atoms with van der Waals surface area (Å²) in [5.74, 6) is 2.19. The Morgan fingerprint density at radius 2 is 1.51 bits per heavy atom. The van der Waals surface area contributed by atoms with Gasteiger partial charge in [-0.05, 0) is 72.9 Å². The molecular formula is C32H36N2O3. The number of hydrogen-bond acceptors (Lipinski definition) is 5. The molecule has 0 bridgehead atoms. The summed E-state index contributed by atoms with van der Waals surface area (Å²) in [6.07, 6.45) is 0.160. The third-order valence-corrected chi connectivity index (χ3v) is 6.64. The average Bonchev–Trinajstić information content (AvgIpc) is 2.90. The summed E-state index contributed by atoms with van der Waals surface area (Å²) in [6, 6.07) is 31.9. The maximum Gasteiger partial charge on any atom is 0.150 e. The van der Waals surface area contributed by atoms with Crippen LogP contribution in [0.1, 0.15) is 35.3 Å². The number of ether oxygens (including phenoxy) is 2. The van der Waals surface area contributed by atoms with Gasteiger partial charge in [-0.15, -0.1) is 0 Å². The number of methoxy groups -OCH3 is 1. The lowest BCUT2D eigenvalue weighted by Gasteiger charge is -2.31. The summed E-state index contributed by atoms with van der Waals surface area (Å²) in [5.41, 5.74) is 11.1. The summed E-state index contributed by atoms with van der Waals surface area (Å²) < 4.78 is 11.3. The maximum atomic E-state index is 11.2. The van der Waals surface area contributed by atoms with Crippen LogP contribution in [0.4, 0.5) is 5.69 Å². The molecule has 0 saturated carbocycles. The van der Waals surface area contributed by atoms with Crippen LogP contribution in [0, 0.1) is 6.92 Å². The molecule has 4 rings (SSSR count). The normalized spacial score (nSPS) is 12.8. The molecule has 2 atom stereocenters. The van der Waals surface area contributed by atoms with Crippen molar-refractivity contribution in [3.8, 4) is 17.2 Å². The van der Waals surface area contributed by atoms with Crippen LogP contribution < -0.4 is 15.2 Å². The zero-order chi connectivity index (χ0) is 26.2. The fourth-order valence-electron chi connectivity index (χ4n) is 4.57. The predicted molar refractivity (Wildman–Crippen MR) is 150 cm³/mol. The van der Waals surface area contributed by atoms with Crippen LogP contribution in [-0.4, -0.2) is 29.7 Å². The van der Waals surface area contributed by atoms with Gasteiger partial charge in [-0.25, -0.2) is 0 Å². The summed E-state index contributed by atoms with van der Waals surface area (Å²) in [6.45, 7) is 5.48. The second-order valence-electron chi connectivity index (χ2n) is 9.50. The Morgan fingerprint density at radius 1 is 0.838 bits per heavy atom. The molecule has 4 aromatic rings. The molecule has 37 heavy (non-hydrogen) atoms. The molecule has 0 aromatic heterocycles. The van der Waals surface area contributed by atoms with E-state index in [-0.39, 0.29) is 6.04 Å². The standard InChI is InChI=1S/C32H36N2O3/c1-23-18-26(14-16-31(23)36-3)19-24(2)34(21-25-10-6-4-7-11-25)22-30(35)27-15-17-32(29(33)20-27)37-28-12-8-5-9-13-28/h4-18,20,24,30,35H,19,21-22,33H2,1-3H3. The molecule has 0 heterocycles. The number of hydrogen-bond donors (Lipinski definition) is 2. The summed E-state index contributed by atoms with van der Waals surface area (Å²) in [7, 11) is 1.70. The highest BCUT2D eigenvalue weighted by atomic mass is 16.5. The van der Waals surface area contributed by atoms with Crippen LogP contribution >= 0.6 is 0 Å². The fourth-order valence-corrected chi connectivity index (χ4v) is 4.57. The van der Waals surface area contributed by atoms with E-state index in [0.717, 1.165) is 35.6 Å². The Morgan fingerprint density at radius 3 is 2.16 bits per heavy atom. The van der Waals surface area contributed by atoms with Crippen LogP contribution in [0.15, 0.2) is 97.1 Å². The lowest BCUT2D eigenvalue weighted by atomic mass is 10.0. The number of rotatable bonds is 11. The van der Waals surface area contributed by atoms with Crippen molar-refractivity contribution in [2.75, 3.05) is 19.4 Å². The van der Waals surface area contributed by atoms with E-state index in [2.05, 4.69) is 43.0 Å². The molecule has 5 nitrogen and oxygen atoms in total. The first-order valence-electron chi connectivity index (χ1n) is 12.6. The van der Waals surface area contributed by atoms with Gasteiger partial charge in [0.1, 0.15) is 17.2 Å². The molecule has 0 saturated heterocycles. The quantitative estimate of drug-likeness (QED) is 0.231. The van der Waals surface area contributed by atoms with Gasteiger partial charge in [0.25, 0.3) is 0 Å². The number of nitrogens with zero attached hydrogens (tertiary/aromatic N) is 1. The monoisotopic (exact) mass is 496 g/mol. The van der Waals surface area contributed by atoms with E-state index in [1.54, 1.807) is 13.2 Å². The van der Waals surface area contributed by atoms with Gasteiger partial charge < -0.3 is 20.3 Å². The van der Waals surface area contributed by atoms with Gasteiger partial charge >= 0.3 is 0 Å². The summed E-state index contributed by atoms with van der Waals surface area (Å²) >= 11 is 0. The Hall–Kier alpha value is -3.80. The van der Waals surface area contributed by atoms with Gasteiger partial charge in [-0.2, -0.15) is 0 Å². The second-order valence-corrected chi connectivity index (χ2v) is 9.50. The van der Waals surface area contributed by atoms with Crippen molar-refractivity contribution in [2.45, 2.75) is 39.0 Å². The lowest BCUT2D eigenvalue weighted by Crippen LogP contribution is -2.37. The average molecular weight is 497 g/mol. The molecule has 0 spiro atoms. The minimum absolute atomic E-state index is 0.195. The third-order valence-electron chi connectivity index (χ3n) is 6.64. The molecule has 2 unspecified atom stereocenters. The van der Waals surface area contributed by atoms with Crippen LogP contribution in [0.2, 0.25) is 0 Å². The van der Waals surface area contributed by atoms with Crippen molar-refractivity contribution < 1.29 is 14.6 Å². The number of benzene rings is 4. The number of para-hydroxylation sites is 1. The number of aryl methyl sites for hydroxylation is 1. The van der Waals surface area contributed by atoms with Gasteiger partial charge in [0.05, 0.1) is 18.9 Å². The number of aliphatic hydroxyl groups excluding tert-OH is 1. The minimum Gasteiger partial charge on any atom is -0.496 e. The molecule has 0 amide bonds. The number of nitrogen functional groups attached to an aromatic ring is 1. The van der Waals surface area contributed by atoms with E-state index in [1.165, 1.54) is 11.1 Å². The molecule has 3 N–H and O–H groups in total. The first-order chi connectivity index (χ1) is 17.9. The van der Waals surface area contributed by atoms with E-state index >= 15 is 0 Å². The van der Waals surface area contributed by atoms with Crippen molar-refractivity contribution in [3.63, 3.8) is 0 Å². The zero-order valence-electron chi connectivity index (χ0n) is 21.8. The molecular weight excluding hydrogens is 460 g/mol. The molecule has 0 aliphatic rings. The highest BCUT2D eigenvalue weighted by Crippen LogP contribution is 2.31. The van der Waals surface area contributed by atoms with Crippen LogP contribution in [-0.2, 0) is 13.0 Å². The van der Waals surface area contributed by atoms with Crippen molar-refractivity contribution >= 4 is 5.69 Å². The highest BCUT2D eigenvalue weighted by Gasteiger charge is 2.21. The highest BCUT2D eigenvalue weighted by molar-refractivity contribution is 5.56. The Balaban J connectivity index is 1.50. The van der Waals surface area contributed by atoms with Gasteiger partial charge in [0, 0.05) is 19.1 Å². The number of anilines is 1. The Kier molecular flexibility index (Phi) is 8.83. The van der Waals surface area contributed by atoms with Crippen LogP contribution in [0.5, 0.6) is 17.2 Å². The van der Waals surface area contributed by atoms with Crippen LogP contribution in [0.25, 0.3) is 0 Å². The van der Waals surface area contributed by atoms with Gasteiger partial charge in [0.2, 0.25) is 0 Å². The molecule has 4 aromatic carbocycles. The second kappa shape index (κ2) is 12.4. The molecule has 0 fully saturated rings. The smallest absolute Gasteiger partial charge is 0.150 e. The van der Waals surface area contributed by atoms with E-state index in [1.807, 2.05) is 66.7 Å². The summed E-state index contributed by atoms with van der Waals surface area (Å²) in [5, 5.41) is 11.2. The number of nitrogens with two attached hydrogens (primary N) is 1. The first kappa shape index (κ1) is 26.3. The van der Waals surface area contributed by atoms with E-state index in [4.69, 9.17) is 15.2 Å². The Bertz CT molecular complexity index is 1280. The Labute approximate surface area is 220 Å². The van der Waals surface area contributed by atoms with E-state index < -0.39 is 6.10 Å². The lowest BCUT2D eigenvalue weighted by molar-refractivity contribution is 0.0859. The fraction of sp³-hybridized carbons (Fsp3) is 0.250. The predicted octanol–water partition coefficient (Wildman–Crippen LogP) is 6.54. The molecule has 5 heteroatoms. The third kappa shape index (κ3) is 7.13. The first-order valence-corrected chi connectivity index (χ1v) is 12.6. The molecule has 192 valence electrons. The van der Waals surface area contributed by atoms with E-state index in [0.29, 0.717) is 18.0 Å². The van der Waals surface area contributed by atoms with Gasteiger partial charge in [-0.1, -0.05) is 66.7 Å². The summed E-state index contributed by atoms with van der Waals surface area (Å²) in [4.78, 5) is 2.32. The SMILES string of the molecule is COc1ccc(CC(C)N(Cc2ccccc2)CC(O)c2ccc(Oc3ccccc3)c(N)c2)cc1C. The van der Waals surface area contributed by atoms with Crippen LogP contribution in [0.3, 0.4) is 0 Å². The minimum atomic E-state index is -0.697. The van der Waals surface area contributed by atoms with Crippen molar-refractivity contribution in [1.82, 2.24) is 4.90 Å². The largest absolute Gasteiger partial charge is 0.496 e. The van der Waals surface area contributed by atoms with Crippen molar-refractivity contribution in [3.05, 3.63) is 119 Å².